The number of anilines is 2. The summed E-state index contributed by atoms with van der Waals surface area (Å²) in [5.41, 5.74) is 8.55. The van der Waals surface area contributed by atoms with Crippen molar-refractivity contribution in [3.05, 3.63) is 60.2 Å². The van der Waals surface area contributed by atoms with Crippen molar-refractivity contribution in [1.29, 1.82) is 0 Å². The molecule has 1 heterocycles. The topological polar surface area (TPSA) is 75.4 Å². The third kappa shape index (κ3) is 5.07. The van der Waals surface area contributed by atoms with Gasteiger partial charge in [-0.05, 0) is 36.6 Å². The van der Waals surface area contributed by atoms with Gasteiger partial charge >= 0.3 is 0 Å². The van der Waals surface area contributed by atoms with E-state index in [1.165, 1.54) is 0 Å². The maximum Gasteiger partial charge on any atom is 0.226 e. The lowest BCUT2D eigenvalue weighted by molar-refractivity contribution is -0.119. The highest BCUT2D eigenvalue weighted by Crippen LogP contribution is 2.24. The number of nitrogens with one attached hydrogen (secondary N) is 1. The van der Waals surface area contributed by atoms with Crippen molar-refractivity contribution in [2.75, 3.05) is 16.8 Å². The van der Waals surface area contributed by atoms with E-state index in [4.69, 9.17) is 5.73 Å². The number of nitrogens with two attached hydrogens (primary N) is 1. The van der Waals surface area contributed by atoms with Crippen LogP contribution < -0.4 is 16.0 Å². The largest absolute Gasteiger partial charge is 0.326 e. The summed E-state index contributed by atoms with van der Waals surface area (Å²) in [6.45, 7) is 0.731. The van der Waals surface area contributed by atoms with Gasteiger partial charge in [-0.1, -0.05) is 36.4 Å². The summed E-state index contributed by atoms with van der Waals surface area (Å²) < 4.78 is 0. The number of rotatable bonds is 5. The molecule has 1 aliphatic rings. The van der Waals surface area contributed by atoms with E-state index in [9.17, 15) is 9.59 Å². The van der Waals surface area contributed by atoms with Crippen molar-refractivity contribution in [2.24, 2.45) is 5.73 Å². The second-order valence-corrected chi connectivity index (χ2v) is 6.32. The average molecular weight is 374 g/mol. The van der Waals surface area contributed by atoms with E-state index in [0.717, 1.165) is 30.6 Å². The minimum Gasteiger partial charge on any atom is -0.326 e. The lowest BCUT2D eigenvalue weighted by Crippen LogP contribution is -2.35. The zero-order chi connectivity index (χ0) is 17.6. The van der Waals surface area contributed by atoms with E-state index in [0.29, 0.717) is 12.1 Å². The van der Waals surface area contributed by atoms with E-state index >= 15 is 0 Å². The van der Waals surface area contributed by atoms with Gasteiger partial charge in [0.25, 0.3) is 0 Å². The van der Waals surface area contributed by atoms with Crippen LogP contribution >= 0.6 is 12.4 Å². The summed E-state index contributed by atoms with van der Waals surface area (Å²) in [4.78, 5) is 26.1. The first kappa shape index (κ1) is 19.9. The van der Waals surface area contributed by atoms with Crippen molar-refractivity contribution < 1.29 is 9.59 Å². The molecule has 0 saturated carbocycles. The molecule has 0 aromatic heterocycles. The fourth-order valence-corrected chi connectivity index (χ4v) is 3.06. The fraction of sp³-hybridized carbons (Fsp3) is 0.300. The van der Waals surface area contributed by atoms with Crippen LogP contribution in [0.3, 0.4) is 0 Å². The van der Waals surface area contributed by atoms with Crippen LogP contribution in [0.5, 0.6) is 0 Å². The third-order valence-corrected chi connectivity index (χ3v) is 4.40. The van der Waals surface area contributed by atoms with Gasteiger partial charge in [0.1, 0.15) is 0 Å². The minimum absolute atomic E-state index is 0. The second kappa shape index (κ2) is 9.36. The molecule has 1 aliphatic heterocycles. The van der Waals surface area contributed by atoms with Crippen LogP contribution in [0.25, 0.3) is 0 Å². The molecule has 0 radical (unpaired) electrons. The fourth-order valence-electron chi connectivity index (χ4n) is 3.06. The van der Waals surface area contributed by atoms with Crippen LogP contribution in [-0.2, 0) is 9.59 Å². The second-order valence-electron chi connectivity index (χ2n) is 6.32. The molecule has 1 saturated heterocycles. The Morgan fingerprint density at radius 2 is 1.88 bits per heavy atom. The van der Waals surface area contributed by atoms with Crippen molar-refractivity contribution in [3.63, 3.8) is 0 Å². The Labute approximate surface area is 160 Å². The van der Waals surface area contributed by atoms with Gasteiger partial charge < -0.3 is 16.0 Å². The summed E-state index contributed by atoms with van der Waals surface area (Å²) in [6, 6.07) is 16.6. The molecule has 1 unspecified atom stereocenters. The number of nitrogens with zero attached hydrogens (tertiary/aromatic N) is 1. The van der Waals surface area contributed by atoms with Crippen molar-refractivity contribution in [3.8, 4) is 0 Å². The zero-order valence-corrected chi connectivity index (χ0v) is 15.4. The van der Waals surface area contributed by atoms with E-state index in [1.807, 2.05) is 54.6 Å². The normalized spacial score (nSPS) is 15.1. The number of carbonyl (C=O) groups is 2. The van der Waals surface area contributed by atoms with Crippen molar-refractivity contribution in [1.82, 2.24) is 0 Å². The number of benzene rings is 2. The van der Waals surface area contributed by atoms with Gasteiger partial charge in [0.2, 0.25) is 11.8 Å². The van der Waals surface area contributed by atoms with Crippen LogP contribution in [0.15, 0.2) is 54.6 Å². The molecular formula is C20H24ClN3O2. The van der Waals surface area contributed by atoms with Crippen molar-refractivity contribution >= 4 is 35.6 Å². The molecule has 26 heavy (non-hydrogen) atoms. The zero-order valence-electron chi connectivity index (χ0n) is 14.6. The number of halogens is 1. The molecule has 1 atom stereocenters. The number of hydrogen-bond donors (Lipinski definition) is 2. The highest BCUT2D eigenvalue weighted by Gasteiger charge is 2.20. The van der Waals surface area contributed by atoms with Gasteiger partial charge in [0.05, 0.1) is 0 Å². The predicted molar refractivity (Wildman–Crippen MR) is 107 cm³/mol. The highest BCUT2D eigenvalue weighted by molar-refractivity contribution is 5.96. The SMILES string of the molecule is Cl.NC(CC(=O)Nc1cccc(N2CCCCC2=O)c1)c1ccccc1. The summed E-state index contributed by atoms with van der Waals surface area (Å²) in [5.74, 6) is -0.000648. The van der Waals surface area contributed by atoms with E-state index < -0.39 is 0 Å². The molecule has 1 fully saturated rings. The quantitative estimate of drug-likeness (QED) is 0.839. The summed E-state index contributed by atoms with van der Waals surface area (Å²) in [6.07, 6.45) is 2.75. The summed E-state index contributed by atoms with van der Waals surface area (Å²) in [5, 5.41) is 2.88. The van der Waals surface area contributed by atoms with Crippen molar-refractivity contribution in [2.45, 2.75) is 31.7 Å². The first-order valence-electron chi connectivity index (χ1n) is 8.64. The molecule has 6 heteroatoms. The highest BCUT2D eigenvalue weighted by atomic mass is 35.5. The predicted octanol–water partition coefficient (Wildman–Crippen LogP) is 3.65. The third-order valence-electron chi connectivity index (χ3n) is 4.40. The van der Waals surface area contributed by atoms with Gasteiger partial charge in [-0.3, -0.25) is 9.59 Å². The first-order chi connectivity index (χ1) is 12.1. The summed E-state index contributed by atoms with van der Waals surface area (Å²) in [7, 11) is 0. The monoisotopic (exact) mass is 373 g/mol. The van der Waals surface area contributed by atoms with Gasteiger partial charge in [-0.25, -0.2) is 0 Å². The van der Waals surface area contributed by atoms with E-state index in [-0.39, 0.29) is 36.7 Å². The Kier molecular flexibility index (Phi) is 7.18. The van der Waals surface area contributed by atoms with E-state index in [2.05, 4.69) is 5.32 Å². The number of amides is 2. The Hall–Kier alpha value is -2.37. The minimum atomic E-state index is -0.340. The lowest BCUT2D eigenvalue weighted by Gasteiger charge is -2.27. The maximum absolute atomic E-state index is 12.3. The molecule has 3 rings (SSSR count). The molecule has 3 N–H and O–H groups in total. The van der Waals surface area contributed by atoms with Crippen LogP contribution in [0.1, 0.15) is 37.3 Å². The maximum atomic E-state index is 12.3. The van der Waals surface area contributed by atoms with Gasteiger partial charge in [-0.15, -0.1) is 12.4 Å². The molecule has 138 valence electrons. The van der Waals surface area contributed by atoms with Crippen LogP contribution in [0.2, 0.25) is 0 Å². The Morgan fingerprint density at radius 3 is 2.62 bits per heavy atom. The van der Waals surface area contributed by atoms with Gasteiger partial charge in [-0.2, -0.15) is 0 Å². The molecule has 2 aromatic rings. The van der Waals surface area contributed by atoms with E-state index in [1.54, 1.807) is 4.90 Å². The van der Waals surface area contributed by atoms with Crippen LogP contribution in [-0.4, -0.2) is 18.4 Å². The van der Waals surface area contributed by atoms with Gasteiger partial charge in [0, 0.05) is 36.8 Å². The molecule has 0 aliphatic carbocycles. The van der Waals surface area contributed by atoms with Crippen LogP contribution in [0.4, 0.5) is 11.4 Å². The van der Waals surface area contributed by atoms with Gasteiger partial charge in [0.15, 0.2) is 0 Å². The average Bonchev–Trinajstić information content (AvgIpc) is 2.63. The van der Waals surface area contributed by atoms with Crippen LogP contribution in [0, 0.1) is 0 Å². The summed E-state index contributed by atoms with van der Waals surface area (Å²) >= 11 is 0. The number of carbonyl (C=O) groups excluding carboxylic acids is 2. The molecule has 0 spiro atoms. The Bertz CT molecular complexity index is 752. The molecule has 2 amide bonds. The smallest absolute Gasteiger partial charge is 0.226 e. The first-order valence-corrected chi connectivity index (χ1v) is 8.64. The Morgan fingerprint density at radius 1 is 1.12 bits per heavy atom. The lowest BCUT2D eigenvalue weighted by atomic mass is 10.0. The molecule has 2 aromatic carbocycles. The molecule has 0 bridgehead atoms. The Balaban J connectivity index is 0.00000243. The number of piperidine rings is 1. The number of hydrogen-bond acceptors (Lipinski definition) is 3. The molecular weight excluding hydrogens is 350 g/mol. The molecule has 5 nitrogen and oxygen atoms in total. The standard InChI is InChI=1S/C20H23N3O2.ClH/c21-18(15-7-2-1-3-8-15)14-19(24)22-16-9-6-10-17(13-16)23-12-5-4-11-20(23)25;/h1-3,6-10,13,18H,4-5,11-12,14,21H2,(H,22,24);1H.